The monoisotopic (exact) mass is 268 g/mol. The smallest absolute Gasteiger partial charge is 0.00858 e. The summed E-state index contributed by atoms with van der Waals surface area (Å²) in [5.74, 6) is 0. The molecule has 0 N–H and O–H groups in total. The van der Waals surface area contributed by atoms with Gasteiger partial charge in [-0.25, -0.2) is 0 Å². The normalized spacial score (nSPS) is 11.9. The molecule has 0 fully saturated rings. The molecule has 0 radical (unpaired) electrons. The van der Waals surface area contributed by atoms with Gasteiger partial charge in [-0.15, -0.1) is 0 Å². The molecule has 0 aliphatic heterocycles. The summed E-state index contributed by atoms with van der Waals surface area (Å²) in [6.07, 6.45) is 1.14. The minimum absolute atomic E-state index is 0.340. The van der Waals surface area contributed by atoms with Crippen LogP contribution in [0.2, 0.25) is 0 Å². The molecule has 0 unspecified atom stereocenters. The average Bonchev–Trinajstić information content (AvgIpc) is 2.14. The SMILES string of the molecule is Cc1cc(C)c(CC(C)(C)CBr)cc1C. The number of benzene rings is 1. The van der Waals surface area contributed by atoms with Gasteiger partial charge >= 0.3 is 0 Å². The summed E-state index contributed by atoms with van der Waals surface area (Å²) in [6, 6.07) is 4.64. The van der Waals surface area contributed by atoms with Crippen molar-refractivity contribution in [2.24, 2.45) is 5.41 Å². The summed E-state index contributed by atoms with van der Waals surface area (Å²) in [6.45, 7) is 11.2. The van der Waals surface area contributed by atoms with Crippen LogP contribution in [0.5, 0.6) is 0 Å². The number of halogens is 1. The maximum atomic E-state index is 3.59. The van der Waals surface area contributed by atoms with Crippen molar-refractivity contribution in [2.75, 3.05) is 5.33 Å². The van der Waals surface area contributed by atoms with E-state index in [4.69, 9.17) is 0 Å². The van der Waals surface area contributed by atoms with Crippen LogP contribution in [-0.2, 0) is 6.42 Å². The van der Waals surface area contributed by atoms with Gasteiger partial charge in [0.1, 0.15) is 0 Å². The summed E-state index contributed by atoms with van der Waals surface area (Å²) in [7, 11) is 0. The number of aryl methyl sites for hydroxylation is 3. The Morgan fingerprint density at radius 1 is 1.00 bits per heavy atom. The third-order valence-electron chi connectivity index (χ3n) is 2.98. The van der Waals surface area contributed by atoms with Crippen LogP contribution in [0.25, 0.3) is 0 Å². The summed E-state index contributed by atoms with van der Waals surface area (Å²) in [5.41, 5.74) is 6.05. The van der Waals surface area contributed by atoms with Gasteiger partial charge < -0.3 is 0 Å². The van der Waals surface area contributed by atoms with Crippen LogP contribution in [0.1, 0.15) is 36.1 Å². The van der Waals surface area contributed by atoms with Crippen LogP contribution in [0.4, 0.5) is 0 Å². The molecule has 1 rings (SSSR count). The summed E-state index contributed by atoms with van der Waals surface area (Å²) < 4.78 is 0. The molecule has 84 valence electrons. The minimum Gasteiger partial charge on any atom is -0.0922 e. The predicted molar refractivity (Wildman–Crippen MR) is 71.9 cm³/mol. The lowest BCUT2D eigenvalue weighted by Gasteiger charge is -2.23. The third kappa shape index (κ3) is 3.34. The molecule has 0 aliphatic rings. The highest BCUT2D eigenvalue weighted by molar-refractivity contribution is 9.09. The molecule has 0 saturated carbocycles. The molecule has 0 aromatic heterocycles. The molecule has 0 aliphatic carbocycles. The quantitative estimate of drug-likeness (QED) is 0.705. The maximum absolute atomic E-state index is 3.59. The fraction of sp³-hybridized carbons (Fsp3) is 0.571. The Bertz CT molecular complexity index is 351. The Morgan fingerprint density at radius 2 is 1.53 bits per heavy atom. The van der Waals surface area contributed by atoms with Crippen LogP contribution >= 0.6 is 15.9 Å². The minimum atomic E-state index is 0.340. The van der Waals surface area contributed by atoms with Crippen LogP contribution < -0.4 is 0 Å². The molecule has 15 heavy (non-hydrogen) atoms. The van der Waals surface area contributed by atoms with Gasteiger partial charge in [0.2, 0.25) is 0 Å². The van der Waals surface area contributed by atoms with Crippen molar-refractivity contribution in [2.45, 2.75) is 41.0 Å². The van der Waals surface area contributed by atoms with Crippen LogP contribution in [0.15, 0.2) is 12.1 Å². The first-order chi connectivity index (χ1) is 6.85. The van der Waals surface area contributed by atoms with Crippen molar-refractivity contribution in [3.05, 3.63) is 34.4 Å². The lowest BCUT2D eigenvalue weighted by Crippen LogP contribution is -2.17. The van der Waals surface area contributed by atoms with Crippen LogP contribution in [-0.4, -0.2) is 5.33 Å². The van der Waals surface area contributed by atoms with Gasteiger partial charge in [-0.05, 0) is 54.9 Å². The molecule has 1 heteroatoms. The Kier molecular flexibility index (Phi) is 3.99. The zero-order valence-electron chi connectivity index (χ0n) is 10.4. The fourth-order valence-corrected chi connectivity index (χ4v) is 1.97. The first-order valence-corrected chi connectivity index (χ1v) is 6.60. The standard InChI is InChI=1S/C14H21Br/c1-10-6-12(3)13(7-11(10)2)8-14(4,5)9-15/h6-7H,8-9H2,1-5H3. The second-order valence-corrected chi connectivity index (χ2v) is 5.90. The van der Waals surface area contributed by atoms with E-state index in [1.54, 1.807) is 0 Å². The topological polar surface area (TPSA) is 0 Å². The van der Waals surface area contributed by atoms with Crippen molar-refractivity contribution in [3.63, 3.8) is 0 Å². The lowest BCUT2D eigenvalue weighted by molar-refractivity contribution is 0.424. The number of hydrogen-bond donors (Lipinski definition) is 0. The Hall–Kier alpha value is -0.300. The van der Waals surface area contributed by atoms with E-state index in [0.717, 1.165) is 11.8 Å². The van der Waals surface area contributed by atoms with Crippen molar-refractivity contribution in [1.82, 2.24) is 0 Å². The summed E-state index contributed by atoms with van der Waals surface area (Å²) >= 11 is 3.59. The van der Waals surface area contributed by atoms with Gasteiger partial charge in [-0.3, -0.25) is 0 Å². The number of rotatable bonds is 3. The van der Waals surface area contributed by atoms with E-state index >= 15 is 0 Å². The molecular formula is C14H21Br. The van der Waals surface area contributed by atoms with E-state index in [2.05, 4.69) is 62.7 Å². The zero-order chi connectivity index (χ0) is 11.6. The van der Waals surface area contributed by atoms with Gasteiger partial charge in [-0.2, -0.15) is 0 Å². The summed E-state index contributed by atoms with van der Waals surface area (Å²) in [5, 5.41) is 1.05. The third-order valence-corrected chi connectivity index (χ3v) is 4.50. The predicted octanol–water partition coefficient (Wildman–Crippen LogP) is 4.58. The Balaban J connectivity index is 3.01. The molecule has 0 heterocycles. The summed E-state index contributed by atoms with van der Waals surface area (Å²) in [4.78, 5) is 0. The first-order valence-electron chi connectivity index (χ1n) is 5.48. The van der Waals surface area contributed by atoms with Crippen molar-refractivity contribution in [3.8, 4) is 0 Å². The molecule has 0 bridgehead atoms. The van der Waals surface area contributed by atoms with Crippen LogP contribution in [0.3, 0.4) is 0 Å². The van der Waals surface area contributed by atoms with Gasteiger partial charge in [0.25, 0.3) is 0 Å². The van der Waals surface area contributed by atoms with Crippen molar-refractivity contribution in [1.29, 1.82) is 0 Å². The lowest BCUT2D eigenvalue weighted by atomic mass is 9.85. The highest BCUT2D eigenvalue weighted by Gasteiger charge is 2.18. The molecule has 0 amide bonds. The van der Waals surface area contributed by atoms with E-state index in [9.17, 15) is 0 Å². The number of hydrogen-bond acceptors (Lipinski definition) is 0. The largest absolute Gasteiger partial charge is 0.0922 e. The van der Waals surface area contributed by atoms with Crippen LogP contribution in [0, 0.1) is 26.2 Å². The molecule has 0 atom stereocenters. The second kappa shape index (κ2) is 4.69. The maximum Gasteiger partial charge on any atom is 0.00858 e. The molecule has 0 spiro atoms. The molecule has 0 saturated heterocycles. The van der Waals surface area contributed by atoms with E-state index in [1.165, 1.54) is 22.3 Å². The first kappa shape index (κ1) is 12.8. The highest BCUT2D eigenvalue weighted by atomic mass is 79.9. The molecular weight excluding hydrogens is 248 g/mol. The molecule has 0 nitrogen and oxygen atoms in total. The Morgan fingerprint density at radius 3 is 2.07 bits per heavy atom. The molecule has 1 aromatic rings. The highest BCUT2D eigenvalue weighted by Crippen LogP contribution is 2.27. The van der Waals surface area contributed by atoms with Crippen molar-refractivity contribution < 1.29 is 0 Å². The van der Waals surface area contributed by atoms with E-state index in [-0.39, 0.29) is 0 Å². The number of alkyl halides is 1. The van der Waals surface area contributed by atoms with Gasteiger partial charge in [0.05, 0.1) is 0 Å². The van der Waals surface area contributed by atoms with E-state index in [1.807, 2.05) is 0 Å². The fourth-order valence-electron chi connectivity index (χ4n) is 1.77. The van der Waals surface area contributed by atoms with Gasteiger partial charge in [-0.1, -0.05) is 41.9 Å². The van der Waals surface area contributed by atoms with E-state index < -0.39 is 0 Å². The van der Waals surface area contributed by atoms with Gasteiger partial charge in [0.15, 0.2) is 0 Å². The average molecular weight is 269 g/mol. The van der Waals surface area contributed by atoms with Gasteiger partial charge in [0, 0.05) is 5.33 Å². The van der Waals surface area contributed by atoms with Crippen molar-refractivity contribution >= 4 is 15.9 Å². The van der Waals surface area contributed by atoms with E-state index in [0.29, 0.717) is 5.41 Å². The Labute approximate surface area is 102 Å². The molecule has 1 aromatic carbocycles. The zero-order valence-corrected chi connectivity index (χ0v) is 12.0. The second-order valence-electron chi connectivity index (χ2n) is 5.34.